The summed E-state index contributed by atoms with van der Waals surface area (Å²) in [5, 5.41) is 5.60. The average molecular weight is 320 g/mol. The van der Waals surface area contributed by atoms with Crippen LogP contribution in [0.1, 0.15) is 18.0 Å². The summed E-state index contributed by atoms with van der Waals surface area (Å²) in [4.78, 5) is 29.0. The second-order valence-electron chi connectivity index (χ2n) is 5.92. The Balaban J connectivity index is 1.59. The first-order valence-corrected chi connectivity index (χ1v) is 7.76. The molecule has 0 saturated carbocycles. The summed E-state index contributed by atoms with van der Waals surface area (Å²) in [6.45, 7) is 1.96. The number of hydrogen-bond acceptors (Lipinski definition) is 3. The van der Waals surface area contributed by atoms with E-state index in [1.54, 1.807) is 4.57 Å². The number of para-hydroxylation sites is 2. The first-order valence-electron chi connectivity index (χ1n) is 7.76. The third-order valence-electron chi connectivity index (χ3n) is 4.13. The number of fused-ring (bicyclic) bond motifs is 3. The van der Waals surface area contributed by atoms with Gasteiger partial charge in [0.2, 0.25) is 17.8 Å². The highest BCUT2D eigenvalue weighted by molar-refractivity contribution is 6.03. The molecule has 0 bridgehead atoms. The number of carbonyl (C=O) groups is 2. The van der Waals surface area contributed by atoms with Gasteiger partial charge in [-0.05, 0) is 36.8 Å². The van der Waals surface area contributed by atoms with Gasteiger partial charge < -0.3 is 5.32 Å². The molecule has 2 heterocycles. The van der Waals surface area contributed by atoms with Crippen LogP contribution in [0.15, 0.2) is 48.5 Å². The Bertz CT molecular complexity index is 961. The van der Waals surface area contributed by atoms with Gasteiger partial charge in [-0.15, -0.1) is 0 Å². The van der Waals surface area contributed by atoms with Crippen molar-refractivity contribution in [2.24, 2.45) is 0 Å². The molecule has 0 aliphatic carbocycles. The Morgan fingerprint density at radius 1 is 1.25 bits per heavy atom. The minimum absolute atomic E-state index is 0.0626. The Morgan fingerprint density at radius 2 is 2.08 bits per heavy atom. The molecule has 6 heteroatoms. The fourth-order valence-electron chi connectivity index (χ4n) is 3.05. The van der Waals surface area contributed by atoms with Crippen molar-refractivity contribution < 1.29 is 9.59 Å². The van der Waals surface area contributed by atoms with Crippen molar-refractivity contribution in [3.63, 3.8) is 0 Å². The van der Waals surface area contributed by atoms with Crippen LogP contribution in [0, 0.1) is 6.92 Å². The van der Waals surface area contributed by atoms with Crippen LogP contribution in [-0.2, 0) is 9.59 Å². The smallest absolute Gasteiger partial charge is 0.250 e. The van der Waals surface area contributed by atoms with E-state index < -0.39 is 6.04 Å². The predicted molar refractivity (Wildman–Crippen MR) is 91.8 cm³/mol. The molecule has 1 aliphatic rings. The lowest BCUT2D eigenvalue weighted by Gasteiger charge is -2.12. The minimum atomic E-state index is -0.586. The Hall–Kier alpha value is -3.15. The molecule has 1 unspecified atom stereocenters. The number of nitrogens with one attached hydrogen (secondary N) is 2. The van der Waals surface area contributed by atoms with E-state index in [0.717, 1.165) is 22.3 Å². The molecule has 24 heavy (non-hydrogen) atoms. The summed E-state index contributed by atoms with van der Waals surface area (Å²) in [7, 11) is 0. The van der Waals surface area contributed by atoms with Gasteiger partial charge in [-0.1, -0.05) is 24.3 Å². The van der Waals surface area contributed by atoms with Gasteiger partial charge in [0.05, 0.1) is 17.5 Å². The van der Waals surface area contributed by atoms with Crippen molar-refractivity contribution in [2.75, 3.05) is 10.6 Å². The summed E-state index contributed by atoms with van der Waals surface area (Å²) in [5.41, 5.74) is 3.44. The highest BCUT2D eigenvalue weighted by Gasteiger charge is 2.34. The zero-order valence-corrected chi connectivity index (χ0v) is 13.1. The lowest BCUT2D eigenvalue weighted by Crippen LogP contribution is -2.23. The van der Waals surface area contributed by atoms with E-state index in [0.29, 0.717) is 5.95 Å². The first kappa shape index (κ1) is 14.4. The maximum Gasteiger partial charge on any atom is 0.250 e. The average Bonchev–Trinajstić information content (AvgIpc) is 3.03. The summed E-state index contributed by atoms with van der Waals surface area (Å²) in [6, 6.07) is 14.6. The fraction of sp³-hybridized carbons (Fsp3) is 0.167. The number of imidazole rings is 1. The largest absolute Gasteiger partial charge is 0.326 e. The molecular weight excluding hydrogens is 304 g/mol. The van der Waals surface area contributed by atoms with E-state index >= 15 is 0 Å². The summed E-state index contributed by atoms with van der Waals surface area (Å²) in [5.74, 6) is 0.0866. The Morgan fingerprint density at radius 3 is 2.92 bits per heavy atom. The van der Waals surface area contributed by atoms with E-state index in [1.165, 1.54) is 0 Å². The van der Waals surface area contributed by atoms with Gasteiger partial charge in [-0.3, -0.25) is 19.5 Å². The van der Waals surface area contributed by atoms with E-state index in [4.69, 9.17) is 0 Å². The van der Waals surface area contributed by atoms with Crippen LogP contribution in [0.4, 0.5) is 11.6 Å². The van der Waals surface area contributed by atoms with Crippen LogP contribution in [0.25, 0.3) is 11.0 Å². The zero-order valence-electron chi connectivity index (χ0n) is 13.1. The molecule has 0 spiro atoms. The van der Waals surface area contributed by atoms with Crippen LogP contribution in [0.5, 0.6) is 0 Å². The molecule has 1 aliphatic heterocycles. The van der Waals surface area contributed by atoms with Crippen LogP contribution < -0.4 is 10.6 Å². The summed E-state index contributed by atoms with van der Waals surface area (Å²) >= 11 is 0. The lowest BCUT2D eigenvalue weighted by molar-refractivity contribution is -0.123. The number of anilines is 2. The van der Waals surface area contributed by atoms with E-state index in [9.17, 15) is 9.59 Å². The number of rotatable bonds is 3. The molecular formula is C18H16N4O2. The highest BCUT2D eigenvalue weighted by atomic mass is 16.2. The third kappa shape index (κ3) is 2.42. The van der Waals surface area contributed by atoms with E-state index in [1.807, 2.05) is 55.5 Å². The lowest BCUT2D eigenvalue weighted by atomic mass is 10.1. The third-order valence-corrected chi connectivity index (χ3v) is 4.13. The number of hydrogen-bond donors (Lipinski definition) is 2. The highest BCUT2D eigenvalue weighted by Crippen LogP contribution is 2.32. The van der Waals surface area contributed by atoms with Crippen molar-refractivity contribution >= 4 is 34.5 Å². The normalized spacial score (nSPS) is 16.0. The van der Waals surface area contributed by atoms with Crippen molar-refractivity contribution in [2.45, 2.75) is 19.4 Å². The first-order chi connectivity index (χ1) is 11.6. The van der Waals surface area contributed by atoms with Gasteiger partial charge in [0.25, 0.3) is 0 Å². The number of carbonyl (C=O) groups excluding carboxylic acids is 2. The number of aromatic nitrogens is 2. The molecule has 0 saturated heterocycles. The monoisotopic (exact) mass is 320 g/mol. The van der Waals surface area contributed by atoms with Crippen LogP contribution in [0.2, 0.25) is 0 Å². The second kappa shape index (κ2) is 5.49. The molecule has 2 N–H and O–H groups in total. The van der Waals surface area contributed by atoms with Crippen LogP contribution in [0.3, 0.4) is 0 Å². The molecule has 1 aromatic heterocycles. The van der Waals surface area contributed by atoms with Gasteiger partial charge in [-0.25, -0.2) is 4.98 Å². The molecule has 6 nitrogen and oxygen atoms in total. The van der Waals surface area contributed by atoms with Crippen molar-refractivity contribution in [3.05, 3.63) is 54.1 Å². The van der Waals surface area contributed by atoms with Gasteiger partial charge in [0, 0.05) is 5.69 Å². The number of benzene rings is 2. The summed E-state index contributed by atoms with van der Waals surface area (Å²) in [6.07, 6.45) is 0.0626. The Kier molecular flexibility index (Phi) is 3.30. The van der Waals surface area contributed by atoms with Gasteiger partial charge >= 0.3 is 0 Å². The predicted octanol–water partition coefficient (Wildman–Crippen LogP) is 2.87. The molecule has 2 aromatic carbocycles. The quantitative estimate of drug-likeness (QED) is 0.779. The molecule has 0 radical (unpaired) electrons. The zero-order chi connectivity index (χ0) is 16.7. The molecule has 120 valence electrons. The van der Waals surface area contributed by atoms with Gasteiger partial charge in [0.15, 0.2) is 0 Å². The minimum Gasteiger partial charge on any atom is -0.326 e. The summed E-state index contributed by atoms with van der Waals surface area (Å²) < 4.78 is 1.80. The van der Waals surface area contributed by atoms with Crippen molar-refractivity contribution in [1.29, 1.82) is 0 Å². The standard InChI is InChI=1S/C18H16N4O2/c1-11-5-4-6-12(9-11)19-16(23)10-15-17(24)21-18-20-13-7-2-3-8-14(13)22(15)18/h2-9,15H,10H2,1H3,(H,19,23)(H,20,21,24). The molecule has 1 atom stereocenters. The fourth-order valence-corrected chi connectivity index (χ4v) is 3.05. The second-order valence-corrected chi connectivity index (χ2v) is 5.92. The van der Waals surface area contributed by atoms with Crippen molar-refractivity contribution in [3.8, 4) is 0 Å². The number of amides is 2. The maximum atomic E-state index is 12.4. The van der Waals surface area contributed by atoms with E-state index in [2.05, 4.69) is 15.6 Å². The molecule has 2 amide bonds. The van der Waals surface area contributed by atoms with E-state index in [-0.39, 0.29) is 18.2 Å². The number of aryl methyl sites for hydroxylation is 1. The van der Waals surface area contributed by atoms with Gasteiger partial charge in [0.1, 0.15) is 6.04 Å². The van der Waals surface area contributed by atoms with Crippen LogP contribution in [-0.4, -0.2) is 21.4 Å². The maximum absolute atomic E-state index is 12.4. The van der Waals surface area contributed by atoms with Crippen LogP contribution >= 0.6 is 0 Å². The number of nitrogens with zero attached hydrogens (tertiary/aromatic N) is 2. The SMILES string of the molecule is Cc1cccc(NC(=O)CC2C(=O)Nc3nc4ccccc4n32)c1. The molecule has 0 fully saturated rings. The van der Waals surface area contributed by atoms with Crippen molar-refractivity contribution in [1.82, 2.24) is 9.55 Å². The molecule has 3 aromatic rings. The molecule has 4 rings (SSSR count). The Labute approximate surface area is 138 Å². The topological polar surface area (TPSA) is 76.0 Å². The van der Waals surface area contributed by atoms with Gasteiger partial charge in [-0.2, -0.15) is 0 Å².